The van der Waals surface area contributed by atoms with Gasteiger partial charge in [0.15, 0.2) is 0 Å². The summed E-state index contributed by atoms with van der Waals surface area (Å²) in [5.41, 5.74) is 0.488. The Bertz CT molecular complexity index is 677. The maximum absolute atomic E-state index is 12.4. The van der Waals surface area contributed by atoms with E-state index in [4.69, 9.17) is 9.47 Å². The SMILES string of the molecule is O=C(c1ccc(S(=O)(=O)NC[C@H]2CCCOC2)cc1)N1CCOCC1. The van der Waals surface area contributed by atoms with Gasteiger partial charge in [-0.15, -0.1) is 0 Å². The van der Waals surface area contributed by atoms with Crippen molar-refractivity contribution in [2.24, 2.45) is 5.92 Å². The summed E-state index contributed by atoms with van der Waals surface area (Å²) in [7, 11) is -3.58. The van der Waals surface area contributed by atoms with E-state index in [1.807, 2.05) is 0 Å². The Balaban J connectivity index is 1.61. The number of nitrogens with zero attached hydrogens (tertiary/aromatic N) is 1. The number of carbonyl (C=O) groups is 1. The van der Waals surface area contributed by atoms with E-state index < -0.39 is 10.0 Å². The highest BCUT2D eigenvalue weighted by Gasteiger charge is 2.21. The molecule has 0 radical (unpaired) electrons. The van der Waals surface area contributed by atoms with Crippen LogP contribution in [0.2, 0.25) is 0 Å². The predicted molar refractivity (Wildman–Crippen MR) is 91.9 cm³/mol. The molecule has 1 amide bonds. The number of benzene rings is 1. The number of sulfonamides is 1. The topological polar surface area (TPSA) is 84.9 Å². The second kappa shape index (κ2) is 8.27. The fourth-order valence-corrected chi connectivity index (χ4v) is 4.12. The molecule has 0 bridgehead atoms. The number of morpholine rings is 1. The van der Waals surface area contributed by atoms with Crippen molar-refractivity contribution >= 4 is 15.9 Å². The number of nitrogens with one attached hydrogen (secondary N) is 1. The van der Waals surface area contributed by atoms with Gasteiger partial charge in [0.2, 0.25) is 10.0 Å². The number of rotatable bonds is 5. The zero-order chi connectivity index (χ0) is 17.7. The van der Waals surface area contributed by atoms with Crippen molar-refractivity contribution in [1.82, 2.24) is 9.62 Å². The van der Waals surface area contributed by atoms with Crippen LogP contribution >= 0.6 is 0 Å². The molecule has 1 N–H and O–H groups in total. The minimum atomic E-state index is -3.58. The number of carbonyl (C=O) groups excluding carboxylic acids is 1. The summed E-state index contributed by atoms with van der Waals surface area (Å²) >= 11 is 0. The lowest BCUT2D eigenvalue weighted by atomic mass is 10.0. The maximum atomic E-state index is 12.4. The number of ether oxygens (including phenoxy) is 2. The first-order chi connectivity index (χ1) is 12.1. The molecule has 8 heteroatoms. The summed E-state index contributed by atoms with van der Waals surface area (Å²) in [5.74, 6) is 0.116. The smallest absolute Gasteiger partial charge is 0.254 e. The standard InChI is InChI=1S/C17H24N2O5S/c20-17(19-7-10-23-11-8-19)15-3-5-16(6-4-15)25(21,22)18-12-14-2-1-9-24-13-14/h3-6,14,18H,1-2,7-13H2/t14-/m1/s1. The zero-order valence-corrected chi connectivity index (χ0v) is 15.0. The van der Waals surface area contributed by atoms with Crippen molar-refractivity contribution in [2.75, 3.05) is 46.1 Å². The lowest BCUT2D eigenvalue weighted by molar-refractivity contribution is 0.0303. The molecule has 0 spiro atoms. The normalized spacial score (nSPS) is 21.9. The molecule has 2 saturated heterocycles. The van der Waals surface area contributed by atoms with Gasteiger partial charge in [-0.1, -0.05) is 0 Å². The van der Waals surface area contributed by atoms with Crippen molar-refractivity contribution in [3.05, 3.63) is 29.8 Å². The van der Waals surface area contributed by atoms with Gasteiger partial charge >= 0.3 is 0 Å². The van der Waals surface area contributed by atoms with Crippen molar-refractivity contribution in [1.29, 1.82) is 0 Å². The summed E-state index contributed by atoms with van der Waals surface area (Å²) in [5, 5.41) is 0. The van der Waals surface area contributed by atoms with Gasteiger partial charge in [-0.2, -0.15) is 0 Å². The van der Waals surface area contributed by atoms with Crippen LogP contribution in [0, 0.1) is 5.92 Å². The second-order valence-electron chi connectivity index (χ2n) is 6.36. The molecule has 1 atom stereocenters. The molecule has 25 heavy (non-hydrogen) atoms. The summed E-state index contributed by atoms with van der Waals surface area (Å²) in [6.07, 6.45) is 1.93. The molecule has 7 nitrogen and oxygen atoms in total. The minimum Gasteiger partial charge on any atom is -0.381 e. The molecule has 0 aromatic heterocycles. The predicted octanol–water partition coefficient (Wildman–Crippen LogP) is 0.864. The van der Waals surface area contributed by atoms with Crippen LogP contribution in [0.3, 0.4) is 0 Å². The molecule has 0 unspecified atom stereocenters. The quantitative estimate of drug-likeness (QED) is 0.833. The lowest BCUT2D eigenvalue weighted by Gasteiger charge is -2.26. The van der Waals surface area contributed by atoms with Crippen LogP contribution in [-0.2, 0) is 19.5 Å². The first-order valence-corrected chi connectivity index (χ1v) is 10.1. The molecule has 0 saturated carbocycles. The Kier molecular flexibility index (Phi) is 6.06. The summed E-state index contributed by atoms with van der Waals surface area (Å²) < 4.78 is 38.0. The number of hydrogen-bond donors (Lipinski definition) is 1. The zero-order valence-electron chi connectivity index (χ0n) is 14.1. The van der Waals surface area contributed by atoms with E-state index in [0.29, 0.717) is 45.0 Å². The van der Waals surface area contributed by atoms with Crippen molar-refractivity contribution in [3.63, 3.8) is 0 Å². The van der Waals surface area contributed by atoms with Crippen LogP contribution in [0.1, 0.15) is 23.2 Å². The number of amides is 1. The van der Waals surface area contributed by atoms with E-state index in [1.165, 1.54) is 12.1 Å². The van der Waals surface area contributed by atoms with Crippen LogP contribution in [0.25, 0.3) is 0 Å². The van der Waals surface area contributed by atoms with Crippen LogP contribution < -0.4 is 4.72 Å². The van der Waals surface area contributed by atoms with Crippen molar-refractivity contribution in [3.8, 4) is 0 Å². The van der Waals surface area contributed by atoms with Crippen LogP contribution in [0.5, 0.6) is 0 Å². The van der Waals surface area contributed by atoms with E-state index in [-0.39, 0.29) is 16.7 Å². The Hall–Kier alpha value is -1.48. The third-order valence-corrected chi connectivity index (χ3v) is 5.97. The molecule has 2 heterocycles. The average Bonchev–Trinajstić information content (AvgIpc) is 2.67. The molecule has 1 aromatic carbocycles. The first kappa shape index (κ1) is 18.3. The Morgan fingerprint density at radius 1 is 1.12 bits per heavy atom. The number of hydrogen-bond acceptors (Lipinski definition) is 5. The fraction of sp³-hybridized carbons (Fsp3) is 0.588. The molecule has 1 aromatic rings. The van der Waals surface area contributed by atoms with E-state index in [2.05, 4.69) is 4.72 Å². The highest BCUT2D eigenvalue weighted by molar-refractivity contribution is 7.89. The molecular weight excluding hydrogens is 344 g/mol. The Morgan fingerprint density at radius 3 is 2.48 bits per heavy atom. The van der Waals surface area contributed by atoms with Crippen LogP contribution in [-0.4, -0.2) is 65.3 Å². The second-order valence-corrected chi connectivity index (χ2v) is 8.13. The van der Waals surface area contributed by atoms with Gasteiger partial charge in [0, 0.05) is 31.8 Å². The minimum absolute atomic E-state index is 0.0976. The van der Waals surface area contributed by atoms with Crippen LogP contribution in [0.4, 0.5) is 0 Å². The van der Waals surface area contributed by atoms with Gasteiger partial charge in [-0.05, 0) is 43.0 Å². The van der Waals surface area contributed by atoms with E-state index in [9.17, 15) is 13.2 Å². The van der Waals surface area contributed by atoms with Gasteiger partial charge in [0.25, 0.3) is 5.91 Å². The van der Waals surface area contributed by atoms with Crippen molar-refractivity contribution in [2.45, 2.75) is 17.7 Å². The molecule has 2 aliphatic heterocycles. The monoisotopic (exact) mass is 368 g/mol. The van der Waals surface area contributed by atoms with Gasteiger partial charge < -0.3 is 14.4 Å². The molecule has 2 aliphatic rings. The molecule has 0 aliphatic carbocycles. The van der Waals surface area contributed by atoms with Crippen LogP contribution in [0.15, 0.2) is 29.2 Å². The summed E-state index contributed by atoms with van der Waals surface area (Å²) in [4.78, 5) is 14.3. The van der Waals surface area contributed by atoms with Gasteiger partial charge in [-0.3, -0.25) is 4.79 Å². The highest BCUT2D eigenvalue weighted by atomic mass is 32.2. The van der Waals surface area contributed by atoms with Gasteiger partial charge in [-0.25, -0.2) is 13.1 Å². The molecule has 3 rings (SSSR count). The highest BCUT2D eigenvalue weighted by Crippen LogP contribution is 2.16. The van der Waals surface area contributed by atoms with Crippen molar-refractivity contribution < 1.29 is 22.7 Å². The van der Waals surface area contributed by atoms with E-state index >= 15 is 0 Å². The van der Waals surface area contributed by atoms with Gasteiger partial charge in [0.05, 0.1) is 24.7 Å². The average molecular weight is 368 g/mol. The Morgan fingerprint density at radius 2 is 1.84 bits per heavy atom. The first-order valence-electron chi connectivity index (χ1n) is 8.61. The van der Waals surface area contributed by atoms with E-state index in [1.54, 1.807) is 17.0 Å². The Labute approximate surface area is 148 Å². The molecule has 138 valence electrons. The third kappa shape index (κ3) is 4.78. The third-order valence-electron chi connectivity index (χ3n) is 4.53. The lowest BCUT2D eigenvalue weighted by Crippen LogP contribution is -2.40. The molecular formula is C17H24N2O5S. The van der Waals surface area contributed by atoms with Gasteiger partial charge in [0.1, 0.15) is 0 Å². The summed E-state index contributed by atoms with van der Waals surface area (Å²) in [6.45, 7) is 3.90. The maximum Gasteiger partial charge on any atom is 0.254 e. The largest absolute Gasteiger partial charge is 0.381 e. The summed E-state index contributed by atoms with van der Waals surface area (Å²) in [6, 6.07) is 6.09. The molecule has 2 fully saturated rings. The van der Waals surface area contributed by atoms with E-state index in [0.717, 1.165) is 19.4 Å². The fourth-order valence-electron chi connectivity index (χ4n) is 3.00.